The lowest BCUT2D eigenvalue weighted by Gasteiger charge is -2.19. The number of para-hydroxylation sites is 1. The lowest BCUT2D eigenvalue weighted by atomic mass is 10.1. The summed E-state index contributed by atoms with van der Waals surface area (Å²) >= 11 is 0. The van der Waals surface area contributed by atoms with E-state index in [1.54, 1.807) is 13.2 Å². The summed E-state index contributed by atoms with van der Waals surface area (Å²) in [4.78, 5) is 28.2. The van der Waals surface area contributed by atoms with Gasteiger partial charge in [-0.05, 0) is 30.2 Å². The number of nitrogens with zero attached hydrogens (tertiary/aromatic N) is 4. The van der Waals surface area contributed by atoms with Crippen LogP contribution in [-0.2, 0) is 18.4 Å². The van der Waals surface area contributed by atoms with Crippen molar-refractivity contribution in [2.24, 2.45) is 7.05 Å². The van der Waals surface area contributed by atoms with Crippen molar-refractivity contribution in [3.8, 4) is 0 Å². The maximum Gasteiger partial charge on any atom is 0.291 e. The predicted molar refractivity (Wildman–Crippen MR) is 124 cm³/mol. The van der Waals surface area contributed by atoms with Gasteiger partial charge in [0.25, 0.3) is 5.56 Å². The second-order valence-electron chi connectivity index (χ2n) is 7.93. The average molecular weight is 418 g/mol. The Hall–Kier alpha value is -3.61. The van der Waals surface area contributed by atoms with Crippen molar-refractivity contribution < 1.29 is 4.79 Å². The van der Waals surface area contributed by atoms with Gasteiger partial charge in [-0.25, -0.2) is 4.68 Å². The molecule has 0 fully saturated rings. The number of fused-ring (bicyclic) bond motifs is 3. The van der Waals surface area contributed by atoms with Gasteiger partial charge >= 0.3 is 0 Å². The van der Waals surface area contributed by atoms with Crippen molar-refractivity contribution in [3.63, 3.8) is 0 Å². The lowest BCUT2D eigenvalue weighted by molar-refractivity contribution is -0.124. The van der Waals surface area contributed by atoms with Crippen LogP contribution in [0.2, 0.25) is 0 Å². The first-order chi connectivity index (χ1) is 14.9. The van der Waals surface area contributed by atoms with Crippen LogP contribution in [0.15, 0.2) is 59.5 Å². The Bertz CT molecular complexity index is 1300. The Morgan fingerprint density at radius 1 is 1.10 bits per heavy atom. The number of benzene rings is 2. The maximum absolute atomic E-state index is 13.2. The molecular formula is C24H27N5O2. The summed E-state index contributed by atoms with van der Waals surface area (Å²) in [7, 11) is 5.62. The minimum absolute atomic E-state index is 0.110. The molecule has 0 saturated heterocycles. The Labute approximate surface area is 180 Å². The van der Waals surface area contributed by atoms with E-state index in [2.05, 4.69) is 10.4 Å². The van der Waals surface area contributed by atoms with Crippen molar-refractivity contribution in [2.45, 2.75) is 25.9 Å². The van der Waals surface area contributed by atoms with Gasteiger partial charge in [0.05, 0.1) is 11.7 Å². The summed E-state index contributed by atoms with van der Waals surface area (Å²) in [6.45, 7) is 2.39. The molecule has 1 atom stereocenters. The van der Waals surface area contributed by atoms with E-state index in [1.807, 2.05) is 79.0 Å². The summed E-state index contributed by atoms with van der Waals surface area (Å²) in [6, 6.07) is 15.4. The maximum atomic E-state index is 13.2. The number of carbonyl (C=O) groups excluding carboxylic acids is 1. The number of hydrogen-bond acceptors (Lipinski definition) is 4. The normalized spacial score (nSPS) is 12.3. The molecule has 7 heteroatoms. The minimum atomic E-state index is -0.501. The Balaban J connectivity index is 1.70. The predicted octanol–water partition coefficient (Wildman–Crippen LogP) is 3.22. The highest BCUT2D eigenvalue weighted by molar-refractivity contribution is 6.08. The van der Waals surface area contributed by atoms with E-state index >= 15 is 0 Å². The van der Waals surface area contributed by atoms with Crippen LogP contribution in [0.3, 0.4) is 0 Å². The fourth-order valence-electron chi connectivity index (χ4n) is 4.02. The number of amides is 1. The fraction of sp³-hybridized carbons (Fsp3) is 0.292. The molecule has 2 aromatic carbocycles. The molecule has 4 rings (SSSR count). The topological polar surface area (TPSA) is 72.2 Å². The average Bonchev–Trinajstić information content (AvgIpc) is 3.11. The first-order valence-corrected chi connectivity index (χ1v) is 10.4. The molecule has 2 heterocycles. The third-order valence-electron chi connectivity index (χ3n) is 5.73. The third-order valence-corrected chi connectivity index (χ3v) is 5.73. The zero-order valence-electron chi connectivity index (χ0n) is 18.3. The largest absolute Gasteiger partial charge is 0.378 e. The van der Waals surface area contributed by atoms with Crippen LogP contribution in [0.5, 0.6) is 0 Å². The molecular weight excluding hydrogens is 390 g/mol. The summed E-state index contributed by atoms with van der Waals surface area (Å²) in [6.07, 6.45) is 2.26. The summed E-state index contributed by atoms with van der Waals surface area (Å²) in [5.41, 5.74) is 3.29. The number of aromatic nitrogens is 3. The molecule has 0 aliphatic carbocycles. The zero-order valence-corrected chi connectivity index (χ0v) is 18.3. The second kappa shape index (κ2) is 8.26. The van der Waals surface area contributed by atoms with Gasteiger partial charge in [0.15, 0.2) is 0 Å². The summed E-state index contributed by atoms with van der Waals surface area (Å²) in [5.74, 6) is -0.110. The quantitative estimate of drug-likeness (QED) is 0.523. The first-order valence-electron chi connectivity index (χ1n) is 10.4. The van der Waals surface area contributed by atoms with Gasteiger partial charge in [-0.1, -0.05) is 37.3 Å². The van der Waals surface area contributed by atoms with E-state index in [1.165, 1.54) is 4.68 Å². The molecule has 2 aromatic heterocycles. The van der Waals surface area contributed by atoms with E-state index in [9.17, 15) is 9.59 Å². The van der Waals surface area contributed by atoms with Gasteiger partial charge < -0.3 is 14.8 Å². The van der Waals surface area contributed by atoms with E-state index in [4.69, 9.17) is 0 Å². The van der Waals surface area contributed by atoms with Crippen LogP contribution in [0.25, 0.3) is 21.8 Å². The van der Waals surface area contributed by atoms with Crippen LogP contribution in [0, 0.1) is 0 Å². The molecule has 1 N–H and O–H groups in total. The number of anilines is 1. The summed E-state index contributed by atoms with van der Waals surface area (Å²) < 4.78 is 3.19. The van der Waals surface area contributed by atoms with Gasteiger partial charge in [-0.15, -0.1) is 0 Å². The van der Waals surface area contributed by atoms with E-state index in [-0.39, 0.29) is 11.5 Å². The molecule has 4 aromatic rings. The van der Waals surface area contributed by atoms with Gasteiger partial charge in [-0.2, -0.15) is 5.10 Å². The molecule has 1 amide bonds. The van der Waals surface area contributed by atoms with Crippen molar-refractivity contribution in [2.75, 3.05) is 19.0 Å². The molecule has 7 nitrogen and oxygen atoms in total. The molecule has 31 heavy (non-hydrogen) atoms. The van der Waals surface area contributed by atoms with Crippen LogP contribution in [-0.4, -0.2) is 34.4 Å². The van der Waals surface area contributed by atoms with Crippen LogP contribution >= 0.6 is 0 Å². The Morgan fingerprint density at radius 2 is 1.81 bits per heavy atom. The van der Waals surface area contributed by atoms with Gasteiger partial charge in [-0.3, -0.25) is 9.59 Å². The molecule has 0 radical (unpaired) electrons. The van der Waals surface area contributed by atoms with Crippen LogP contribution < -0.4 is 15.8 Å². The van der Waals surface area contributed by atoms with Crippen LogP contribution in [0.4, 0.5) is 5.69 Å². The lowest BCUT2D eigenvalue weighted by Crippen LogP contribution is -2.33. The standard InChI is InChI=1S/C24H27N5O2/c1-5-20(23(30)25-14-16-10-12-17(13-11-16)27(2)3)29-21-9-7-6-8-18(21)19-15-26-28(4)24(31)22(19)29/h6-13,15,20H,5,14H2,1-4H3,(H,25,30)/t20-/m1/s1. The van der Waals surface area contributed by atoms with E-state index in [0.29, 0.717) is 18.5 Å². The Kier molecular flexibility index (Phi) is 5.50. The van der Waals surface area contributed by atoms with Crippen molar-refractivity contribution in [3.05, 3.63) is 70.6 Å². The smallest absolute Gasteiger partial charge is 0.291 e. The summed E-state index contributed by atoms with van der Waals surface area (Å²) in [5, 5.41) is 8.93. The second-order valence-corrected chi connectivity index (χ2v) is 7.93. The molecule has 0 saturated carbocycles. The van der Waals surface area contributed by atoms with Gasteiger partial charge in [0.1, 0.15) is 11.6 Å². The van der Waals surface area contributed by atoms with Crippen molar-refractivity contribution in [1.82, 2.24) is 19.7 Å². The Morgan fingerprint density at radius 3 is 2.48 bits per heavy atom. The minimum Gasteiger partial charge on any atom is -0.378 e. The zero-order chi connectivity index (χ0) is 22.1. The number of carbonyl (C=O) groups is 1. The SMILES string of the molecule is CC[C@H](C(=O)NCc1ccc(N(C)C)cc1)n1c2ccccc2c2cnn(C)c(=O)c21. The fourth-order valence-corrected chi connectivity index (χ4v) is 4.02. The third kappa shape index (κ3) is 3.67. The highest BCUT2D eigenvalue weighted by Gasteiger charge is 2.25. The van der Waals surface area contributed by atoms with Gasteiger partial charge in [0, 0.05) is 44.1 Å². The monoisotopic (exact) mass is 417 g/mol. The number of hydrogen-bond donors (Lipinski definition) is 1. The molecule has 0 aliphatic heterocycles. The number of aryl methyl sites for hydroxylation is 1. The molecule has 0 aliphatic rings. The van der Waals surface area contributed by atoms with E-state index < -0.39 is 6.04 Å². The van der Waals surface area contributed by atoms with E-state index in [0.717, 1.165) is 27.5 Å². The van der Waals surface area contributed by atoms with Crippen molar-refractivity contribution in [1.29, 1.82) is 0 Å². The van der Waals surface area contributed by atoms with Gasteiger partial charge in [0.2, 0.25) is 5.91 Å². The highest BCUT2D eigenvalue weighted by Crippen LogP contribution is 2.30. The van der Waals surface area contributed by atoms with Crippen molar-refractivity contribution >= 4 is 33.4 Å². The van der Waals surface area contributed by atoms with Crippen LogP contribution in [0.1, 0.15) is 24.9 Å². The molecule has 0 spiro atoms. The number of rotatable bonds is 6. The highest BCUT2D eigenvalue weighted by atomic mass is 16.2. The first kappa shape index (κ1) is 20.7. The molecule has 160 valence electrons. The number of nitrogens with one attached hydrogen (secondary N) is 1. The molecule has 0 bridgehead atoms. The molecule has 0 unspecified atom stereocenters.